The normalized spacial score (nSPS) is 19.7. The van der Waals surface area contributed by atoms with Crippen LogP contribution in [0.3, 0.4) is 0 Å². The lowest BCUT2D eigenvalue weighted by molar-refractivity contribution is -0.138. The highest BCUT2D eigenvalue weighted by atomic mass is 35.5. The van der Waals surface area contributed by atoms with Crippen LogP contribution in [0.4, 0.5) is 5.82 Å². The molecule has 0 aliphatic carbocycles. The van der Waals surface area contributed by atoms with Crippen LogP contribution in [0.2, 0.25) is 5.02 Å². The van der Waals surface area contributed by atoms with Gasteiger partial charge in [-0.2, -0.15) is 0 Å². The number of nitrogens with zero attached hydrogens (tertiary/aromatic N) is 3. The zero-order valence-corrected chi connectivity index (χ0v) is 8.79. The van der Waals surface area contributed by atoms with E-state index in [1.54, 1.807) is 12.1 Å². The summed E-state index contributed by atoms with van der Waals surface area (Å²) in [6, 6.07) is 2.24. The second-order valence-electron chi connectivity index (χ2n) is 3.23. The van der Waals surface area contributed by atoms with Crippen molar-refractivity contribution >= 4 is 29.3 Å². The minimum atomic E-state index is -1.09. The second kappa shape index (κ2) is 3.97. The largest absolute Gasteiger partial charge is 0.495 e. The van der Waals surface area contributed by atoms with Crippen LogP contribution in [-0.4, -0.2) is 33.1 Å². The van der Waals surface area contributed by atoms with Crippen LogP contribution >= 0.6 is 11.6 Å². The second-order valence-corrected chi connectivity index (χ2v) is 3.63. The Morgan fingerprint density at radius 1 is 1.62 bits per heavy atom. The van der Waals surface area contributed by atoms with Gasteiger partial charge >= 0.3 is 5.97 Å². The van der Waals surface area contributed by atoms with Gasteiger partial charge in [-0.3, -0.25) is 0 Å². The molecule has 1 atom stereocenters. The van der Waals surface area contributed by atoms with Gasteiger partial charge in [-0.25, -0.2) is 14.8 Å². The van der Waals surface area contributed by atoms with Crippen LogP contribution in [0.5, 0.6) is 0 Å². The molecule has 84 valence electrons. The molecule has 0 aromatic carbocycles. The molecular weight excluding hydrogens is 234 g/mol. The average molecular weight is 242 g/mol. The van der Waals surface area contributed by atoms with Crippen LogP contribution in [0.1, 0.15) is 6.42 Å². The molecule has 2 N–H and O–H groups in total. The van der Waals surface area contributed by atoms with E-state index in [-0.39, 0.29) is 23.2 Å². The van der Waals surface area contributed by atoms with Crippen molar-refractivity contribution in [2.24, 2.45) is 5.10 Å². The minimum absolute atomic E-state index is 0.0533. The van der Waals surface area contributed by atoms with Crippen molar-refractivity contribution in [1.29, 1.82) is 0 Å². The molecule has 0 amide bonds. The number of hydrogen-bond donors (Lipinski definition) is 2. The zero-order chi connectivity index (χ0) is 11.7. The maximum Gasteiger partial charge on any atom is 0.329 e. The number of aromatic nitrogens is 1. The summed E-state index contributed by atoms with van der Waals surface area (Å²) < 4.78 is 0. The number of carboxylic acids is 1. The summed E-state index contributed by atoms with van der Waals surface area (Å²) in [5.41, 5.74) is 0. The van der Waals surface area contributed by atoms with E-state index in [1.807, 2.05) is 0 Å². The lowest BCUT2D eigenvalue weighted by atomic mass is 10.2. The first-order chi connectivity index (χ1) is 7.59. The molecular formula is C9H8ClN3O3. The molecule has 2 heterocycles. The van der Waals surface area contributed by atoms with E-state index in [9.17, 15) is 9.90 Å². The fourth-order valence-electron chi connectivity index (χ4n) is 1.43. The van der Waals surface area contributed by atoms with Gasteiger partial charge in [0.15, 0.2) is 11.9 Å². The van der Waals surface area contributed by atoms with E-state index in [0.29, 0.717) is 0 Å². The van der Waals surface area contributed by atoms with Crippen molar-refractivity contribution in [3.8, 4) is 0 Å². The molecule has 1 aliphatic rings. The number of aliphatic hydroxyl groups excluding tert-OH is 1. The van der Waals surface area contributed by atoms with Crippen molar-refractivity contribution in [2.45, 2.75) is 12.5 Å². The van der Waals surface area contributed by atoms with Crippen molar-refractivity contribution < 1.29 is 15.0 Å². The molecule has 0 spiro atoms. The van der Waals surface area contributed by atoms with Crippen molar-refractivity contribution in [3.05, 3.63) is 23.4 Å². The number of aliphatic carboxylic acids is 1. The van der Waals surface area contributed by atoms with Crippen LogP contribution in [0, 0.1) is 0 Å². The van der Waals surface area contributed by atoms with Crippen LogP contribution in [0.15, 0.2) is 23.4 Å². The summed E-state index contributed by atoms with van der Waals surface area (Å²) in [4.78, 5) is 14.9. The maximum absolute atomic E-state index is 10.9. The molecule has 1 aromatic heterocycles. The van der Waals surface area contributed by atoms with E-state index >= 15 is 0 Å². The van der Waals surface area contributed by atoms with Crippen molar-refractivity contribution in [2.75, 3.05) is 5.01 Å². The molecule has 1 aliphatic heterocycles. The van der Waals surface area contributed by atoms with Gasteiger partial charge in [0.1, 0.15) is 0 Å². The minimum Gasteiger partial charge on any atom is -0.495 e. The molecule has 2 rings (SSSR count). The number of halogens is 1. The standard InChI is InChI=1S/C9H8ClN3O3/c10-5-2-1-3-11-8(5)13-6(9(15)16)4-7(14)12-13/h1-3,6H,4H2,(H,12,14)(H,15,16). The van der Waals surface area contributed by atoms with Gasteiger partial charge in [-0.05, 0) is 12.1 Å². The Morgan fingerprint density at radius 3 is 3.00 bits per heavy atom. The van der Waals surface area contributed by atoms with Crippen molar-refractivity contribution in [1.82, 2.24) is 4.98 Å². The summed E-state index contributed by atoms with van der Waals surface area (Å²) in [5.74, 6) is -1.11. The third kappa shape index (κ3) is 1.79. The predicted octanol–water partition coefficient (Wildman–Crippen LogP) is 1.27. The molecule has 0 saturated heterocycles. The number of pyridine rings is 1. The Kier molecular flexibility index (Phi) is 2.66. The Bertz CT molecular complexity index is 463. The SMILES string of the molecule is O=C(O)C1CC(O)=NN1c1ncccc1Cl. The van der Waals surface area contributed by atoms with Crippen molar-refractivity contribution in [3.63, 3.8) is 0 Å². The monoisotopic (exact) mass is 241 g/mol. The van der Waals surface area contributed by atoms with E-state index in [2.05, 4.69) is 10.1 Å². The summed E-state index contributed by atoms with van der Waals surface area (Å²) in [6.45, 7) is 0. The van der Waals surface area contributed by atoms with Gasteiger partial charge in [0.25, 0.3) is 0 Å². The molecule has 0 fully saturated rings. The summed E-state index contributed by atoms with van der Waals surface area (Å²) in [7, 11) is 0. The Hall–Kier alpha value is -1.82. The van der Waals surface area contributed by atoms with E-state index in [0.717, 1.165) is 5.01 Å². The first kappa shape index (κ1) is 10.7. The van der Waals surface area contributed by atoms with Crippen LogP contribution < -0.4 is 5.01 Å². The van der Waals surface area contributed by atoms with E-state index in [1.165, 1.54) is 6.20 Å². The van der Waals surface area contributed by atoms with Crippen LogP contribution in [-0.2, 0) is 4.79 Å². The maximum atomic E-state index is 10.9. The van der Waals surface area contributed by atoms with Gasteiger partial charge in [0, 0.05) is 6.20 Å². The summed E-state index contributed by atoms with van der Waals surface area (Å²) in [6.07, 6.45) is 1.42. The van der Waals surface area contributed by atoms with E-state index < -0.39 is 12.0 Å². The topological polar surface area (TPSA) is 86.0 Å². The lowest BCUT2D eigenvalue weighted by Gasteiger charge is -2.18. The summed E-state index contributed by atoms with van der Waals surface area (Å²) in [5, 5.41) is 23.3. The van der Waals surface area contributed by atoms with Crippen LogP contribution in [0.25, 0.3) is 0 Å². The molecule has 1 unspecified atom stereocenters. The molecule has 1 aromatic rings. The fraction of sp³-hybridized carbons (Fsp3) is 0.222. The first-order valence-corrected chi connectivity index (χ1v) is 4.86. The van der Waals surface area contributed by atoms with Gasteiger partial charge < -0.3 is 10.2 Å². The summed E-state index contributed by atoms with van der Waals surface area (Å²) >= 11 is 5.87. The number of carbonyl (C=O) groups is 1. The molecule has 0 bridgehead atoms. The van der Waals surface area contributed by atoms with E-state index in [4.69, 9.17) is 16.7 Å². The predicted molar refractivity (Wildman–Crippen MR) is 57.8 cm³/mol. The molecule has 0 saturated carbocycles. The molecule has 6 nitrogen and oxygen atoms in total. The number of hydrazone groups is 1. The third-order valence-electron chi connectivity index (χ3n) is 2.14. The quantitative estimate of drug-likeness (QED) is 0.814. The number of aliphatic hydroxyl groups is 1. The van der Waals surface area contributed by atoms with Gasteiger partial charge in [-0.15, -0.1) is 5.10 Å². The molecule has 0 radical (unpaired) electrons. The fourth-order valence-corrected chi connectivity index (χ4v) is 1.64. The third-order valence-corrected chi connectivity index (χ3v) is 2.43. The highest BCUT2D eigenvalue weighted by molar-refractivity contribution is 6.33. The average Bonchev–Trinajstić information content (AvgIpc) is 2.61. The number of hydrogen-bond acceptors (Lipinski definition) is 4. The molecule has 7 heteroatoms. The first-order valence-electron chi connectivity index (χ1n) is 4.48. The number of rotatable bonds is 2. The van der Waals surface area contributed by atoms with Gasteiger partial charge in [0.05, 0.1) is 11.4 Å². The molecule has 16 heavy (non-hydrogen) atoms. The number of anilines is 1. The van der Waals surface area contributed by atoms with Gasteiger partial charge in [-0.1, -0.05) is 11.6 Å². The zero-order valence-electron chi connectivity index (χ0n) is 8.04. The Balaban J connectivity index is 2.39. The Labute approximate surface area is 95.8 Å². The smallest absolute Gasteiger partial charge is 0.329 e. The Morgan fingerprint density at radius 2 is 2.38 bits per heavy atom. The lowest BCUT2D eigenvalue weighted by Crippen LogP contribution is -2.34. The highest BCUT2D eigenvalue weighted by Crippen LogP contribution is 2.28. The highest BCUT2D eigenvalue weighted by Gasteiger charge is 2.35. The van der Waals surface area contributed by atoms with Gasteiger partial charge in [0.2, 0.25) is 5.90 Å². The number of carboxylic acid groups (broad SMARTS) is 1.